The van der Waals surface area contributed by atoms with Crippen LogP contribution in [0.1, 0.15) is 35.1 Å². The van der Waals surface area contributed by atoms with Crippen molar-refractivity contribution in [2.45, 2.75) is 44.7 Å². The summed E-state index contributed by atoms with van der Waals surface area (Å²) in [7, 11) is -3.95. The molecule has 3 aromatic rings. The topological polar surface area (TPSA) is 86.8 Å². The lowest BCUT2D eigenvalue weighted by Crippen LogP contribution is -2.40. The van der Waals surface area contributed by atoms with E-state index in [-0.39, 0.29) is 23.9 Å². The van der Waals surface area contributed by atoms with Crippen molar-refractivity contribution in [3.05, 3.63) is 95.1 Å². The summed E-state index contributed by atoms with van der Waals surface area (Å²) in [4.78, 5) is 26.8. The zero-order valence-corrected chi connectivity index (χ0v) is 21.4. The molecule has 1 saturated heterocycles. The molecule has 0 spiro atoms. The van der Waals surface area contributed by atoms with E-state index in [0.717, 1.165) is 39.5 Å². The number of nitrogens with zero attached hydrogens (tertiary/aromatic N) is 2. The highest BCUT2D eigenvalue weighted by Gasteiger charge is 2.27. The number of carbonyl (C=O) groups excluding carboxylic acids is 2. The highest BCUT2D eigenvalue weighted by Crippen LogP contribution is 2.24. The van der Waals surface area contributed by atoms with Gasteiger partial charge in [0.05, 0.1) is 10.6 Å². The highest BCUT2D eigenvalue weighted by atomic mass is 32.2. The second kappa shape index (κ2) is 11.0. The molecule has 4 rings (SSSR count). The van der Waals surface area contributed by atoms with E-state index in [0.29, 0.717) is 18.7 Å². The van der Waals surface area contributed by atoms with Crippen LogP contribution < -0.4 is 9.62 Å². The van der Waals surface area contributed by atoms with E-state index in [1.54, 1.807) is 36.4 Å². The number of sulfonamides is 1. The van der Waals surface area contributed by atoms with Gasteiger partial charge in [-0.25, -0.2) is 8.42 Å². The van der Waals surface area contributed by atoms with E-state index < -0.39 is 15.9 Å². The molecular weight excluding hydrogens is 474 g/mol. The lowest BCUT2D eigenvalue weighted by Gasteiger charge is -2.24. The van der Waals surface area contributed by atoms with Crippen molar-refractivity contribution in [2.75, 3.05) is 17.4 Å². The summed E-state index contributed by atoms with van der Waals surface area (Å²) in [6.07, 6.45) is 1.48. The zero-order valence-electron chi connectivity index (χ0n) is 20.6. The van der Waals surface area contributed by atoms with Crippen LogP contribution in [0.2, 0.25) is 0 Å². The van der Waals surface area contributed by atoms with Crippen LogP contribution >= 0.6 is 0 Å². The van der Waals surface area contributed by atoms with Gasteiger partial charge < -0.3 is 10.2 Å². The Kier molecular flexibility index (Phi) is 7.74. The standard InChI is InChI=1S/C28H31N3O4S/c1-21-8-12-25(13-9-21)31(36(34,35)26-14-10-22(2)11-15-26)20-27(32)29-18-23-5-3-6-24(17-23)19-30-16-4-7-28(30)33/h3,5-6,8-15,17H,4,7,16,18-20H2,1-2H3,(H,29,32). The highest BCUT2D eigenvalue weighted by molar-refractivity contribution is 7.92. The van der Waals surface area contributed by atoms with Crippen LogP contribution in [0.5, 0.6) is 0 Å². The number of anilines is 1. The number of hydrogen-bond acceptors (Lipinski definition) is 4. The molecule has 0 radical (unpaired) electrons. The maximum Gasteiger partial charge on any atom is 0.264 e. The van der Waals surface area contributed by atoms with E-state index in [1.807, 2.05) is 55.1 Å². The summed E-state index contributed by atoms with van der Waals surface area (Å²) in [6, 6.07) is 21.4. The Morgan fingerprint density at radius 3 is 2.22 bits per heavy atom. The Bertz CT molecular complexity index is 1340. The second-order valence-corrected chi connectivity index (χ2v) is 11.0. The fourth-order valence-corrected chi connectivity index (χ4v) is 5.60. The van der Waals surface area contributed by atoms with Gasteiger partial charge >= 0.3 is 0 Å². The average Bonchev–Trinajstić information content (AvgIpc) is 3.26. The third-order valence-corrected chi connectivity index (χ3v) is 8.03. The van der Waals surface area contributed by atoms with Crippen molar-refractivity contribution in [1.29, 1.82) is 0 Å². The van der Waals surface area contributed by atoms with Gasteiger partial charge in [0.2, 0.25) is 11.8 Å². The number of aryl methyl sites for hydroxylation is 2. The summed E-state index contributed by atoms with van der Waals surface area (Å²) in [5.41, 5.74) is 4.25. The summed E-state index contributed by atoms with van der Waals surface area (Å²) in [5, 5.41) is 2.85. The summed E-state index contributed by atoms with van der Waals surface area (Å²) >= 11 is 0. The van der Waals surface area contributed by atoms with Crippen molar-refractivity contribution in [1.82, 2.24) is 10.2 Å². The molecule has 36 heavy (non-hydrogen) atoms. The first kappa shape index (κ1) is 25.4. The zero-order chi connectivity index (χ0) is 25.7. The molecule has 1 N–H and O–H groups in total. The molecule has 0 aromatic heterocycles. The number of amides is 2. The third kappa shape index (κ3) is 6.12. The van der Waals surface area contributed by atoms with Gasteiger partial charge in [0.25, 0.3) is 10.0 Å². The first-order chi connectivity index (χ1) is 17.2. The number of nitrogens with one attached hydrogen (secondary N) is 1. The van der Waals surface area contributed by atoms with Crippen LogP contribution in [0.25, 0.3) is 0 Å². The first-order valence-corrected chi connectivity index (χ1v) is 13.4. The van der Waals surface area contributed by atoms with E-state index in [1.165, 1.54) is 0 Å². The molecular formula is C28H31N3O4S. The van der Waals surface area contributed by atoms with Gasteiger partial charge in [0.1, 0.15) is 6.54 Å². The lowest BCUT2D eigenvalue weighted by molar-refractivity contribution is -0.128. The van der Waals surface area contributed by atoms with Crippen molar-refractivity contribution in [3.63, 3.8) is 0 Å². The van der Waals surface area contributed by atoms with Crippen molar-refractivity contribution >= 4 is 27.5 Å². The largest absolute Gasteiger partial charge is 0.350 e. The molecule has 0 atom stereocenters. The van der Waals surface area contributed by atoms with Gasteiger partial charge in [-0.3, -0.25) is 13.9 Å². The molecule has 188 valence electrons. The molecule has 0 unspecified atom stereocenters. The maximum atomic E-state index is 13.5. The van der Waals surface area contributed by atoms with Gasteiger partial charge in [-0.2, -0.15) is 0 Å². The SMILES string of the molecule is Cc1ccc(N(CC(=O)NCc2cccc(CN3CCCC3=O)c2)S(=O)(=O)c2ccc(C)cc2)cc1. The minimum absolute atomic E-state index is 0.130. The van der Waals surface area contributed by atoms with Gasteiger partial charge in [-0.1, -0.05) is 59.7 Å². The van der Waals surface area contributed by atoms with E-state index >= 15 is 0 Å². The van der Waals surface area contributed by atoms with E-state index in [9.17, 15) is 18.0 Å². The molecule has 1 heterocycles. The number of rotatable bonds is 9. The lowest BCUT2D eigenvalue weighted by atomic mass is 10.1. The number of likely N-dealkylation sites (tertiary alicyclic amines) is 1. The van der Waals surface area contributed by atoms with Crippen molar-refractivity contribution in [3.8, 4) is 0 Å². The molecule has 8 heteroatoms. The molecule has 0 bridgehead atoms. The fraction of sp³-hybridized carbons (Fsp3) is 0.286. The van der Waals surface area contributed by atoms with Crippen LogP contribution in [-0.2, 0) is 32.7 Å². The third-order valence-electron chi connectivity index (χ3n) is 6.24. The Labute approximate surface area is 212 Å². The minimum atomic E-state index is -3.95. The Hall–Kier alpha value is -3.65. The van der Waals surface area contributed by atoms with Crippen LogP contribution in [-0.4, -0.2) is 38.2 Å². The maximum absolute atomic E-state index is 13.5. The summed E-state index contributed by atoms with van der Waals surface area (Å²) < 4.78 is 28.1. The Morgan fingerprint density at radius 1 is 0.944 bits per heavy atom. The Morgan fingerprint density at radius 2 is 1.58 bits per heavy atom. The first-order valence-electron chi connectivity index (χ1n) is 12.0. The van der Waals surface area contributed by atoms with Crippen molar-refractivity contribution in [2.24, 2.45) is 0 Å². The fourth-order valence-electron chi connectivity index (χ4n) is 4.18. The predicted octanol–water partition coefficient (Wildman–Crippen LogP) is 3.94. The molecule has 1 fully saturated rings. The molecule has 3 aromatic carbocycles. The van der Waals surface area contributed by atoms with Gasteiger partial charge in [-0.05, 0) is 55.7 Å². The predicted molar refractivity (Wildman–Crippen MR) is 140 cm³/mol. The van der Waals surface area contributed by atoms with Crippen LogP contribution in [0.3, 0.4) is 0 Å². The summed E-state index contributed by atoms with van der Waals surface area (Å²) in [6.45, 7) is 5.04. The molecule has 2 amide bonds. The molecule has 1 aliphatic heterocycles. The van der Waals surface area contributed by atoms with E-state index in [4.69, 9.17) is 0 Å². The van der Waals surface area contributed by atoms with Crippen molar-refractivity contribution < 1.29 is 18.0 Å². The molecule has 0 saturated carbocycles. The van der Waals surface area contributed by atoms with E-state index in [2.05, 4.69) is 5.32 Å². The minimum Gasteiger partial charge on any atom is -0.350 e. The Balaban J connectivity index is 1.47. The monoisotopic (exact) mass is 505 g/mol. The number of carbonyl (C=O) groups is 2. The van der Waals surface area contributed by atoms with Crippen LogP contribution in [0.4, 0.5) is 5.69 Å². The quantitative estimate of drug-likeness (QED) is 0.477. The van der Waals surface area contributed by atoms with Gasteiger partial charge in [-0.15, -0.1) is 0 Å². The van der Waals surface area contributed by atoms with Gasteiger partial charge in [0, 0.05) is 26.1 Å². The molecule has 7 nitrogen and oxygen atoms in total. The average molecular weight is 506 g/mol. The smallest absolute Gasteiger partial charge is 0.264 e. The normalized spacial score (nSPS) is 13.6. The molecule has 0 aliphatic carbocycles. The molecule has 1 aliphatic rings. The number of benzene rings is 3. The van der Waals surface area contributed by atoms with Crippen LogP contribution in [0.15, 0.2) is 77.7 Å². The number of hydrogen-bond donors (Lipinski definition) is 1. The van der Waals surface area contributed by atoms with Crippen LogP contribution in [0, 0.1) is 13.8 Å². The summed E-state index contributed by atoms with van der Waals surface area (Å²) in [5.74, 6) is -0.244. The van der Waals surface area contributed by atoms with Gasteiger partial charge in [0.15, 0.2) is 0 Å². The second-order valence-electron chi connectivity index (χ2n) is 9.18.